The summed E-state index contributed by atoms with van der Waals surface area (Å²) in [5.41, 5.74) is 5.41. The monoisotopic (exact) mass is 252 g/mol. The summed E-state index contributed by atoms with van der Waals surface area (Å²) in [6, 6.07) is 0. The molecule has 102 valence electrons. The lowest BCUT2D eigenvalue weighted by Gasteiger charge is -2.28. The molecular weight excluding hydrogens is 228 g/mol. The standard InChI is InChI=1S/C14H24N2O2/c1-9(2)8-10(11(17)16-13(3,4)5)14(6-7-14)12(15)18/h10H,1,6-8H2,2-5H3,(H2,15,18)(H,16,17)/t10-/m0/s1. The Labute approximate surface area is 109 Å². The molecule has 0 bridgehead atoms. The van der Waals surface area contributed by atoms with Crippen LogP contribution in [0.1, 0.15) is 47.0 Å². The fourth-order valence-electron chi connectivity index (χ4n) is 2.25. The number of carbonyl (C=O) groups excluding carboxylic acids is 2. The molecule has 0 aliphatic heterocycles. The second kappa shape index (κ2) is 4.75. The zero-order valence-electron chi connectivity index (χ0n) is 11.8. The van der Waals surface area contributed by atoms with Gasteiger partial charge in [-0.1, -0.05) is 5.57 Å². The summed E-state index contributed by atoms with van der Waals surface area (Å²) in [7, 11) is 0. The van der Waals surface area contributed by atoms with Crippen LogP contribution in [0.5, 0.6) is 0 Å². The Hall–Kier alpha value is -1.32. The number of nitrogens with two attached hydrogens (primary N) is 1. The fraction of sp³-hybridized carbons (Fsp3) is 0.714. The summed E-state index contributed by atoms with van der Waals surface area (Å²) < 4.78 is 0. The van der Waals surface area contributed by atoms with Gasteiger partial charge >= 0.3 is 0 Å². The summed E-state index contributed by atoms with van der Waals surface area (Å²) in [6.45, 7) is 11.5. The lowest BCUT2D eigenvalue weighted by Crippen LogP contribution is -2.48. The molecule has 4 nitrogen and oxygen atoms in total. The van der Waals surface area contributed by atoms with E-state index in [4.69, 9.17) is 5.73 Å². The predicted octanol–water partition coefficient (Wildman–Crippen LogP) is 1.75. The van der Waals surface area contributed by atoms with Gasteiger partial charge in [0, 0.05) is 5.54 Å². The number of primary amides is 1. The molecule has 0 spiro atoms. The highest BCUT2D eigenvalue weighted by molar-refractivity contribution is 5.92. The van der Waals surface area contributed by atoms with Crippen molar-refractivity contribution in [2.75, 3.05) is 0 Å². The van der Waals surface area contributed by atoms with Gasteiger partial charge in [0.25, 0.3) is 0 Å². The van der Waals surface area contributed by atoms with E-state index in [1.54, 1.807) is 0 Å². The van der Waals surface area contributed by atoms with Gasteiger partial charge in [0.1, 0.15) is 0 Å². The van der Waals surface area contributed by atoms with Gasteiger partial charge in [-0.2, -0.15) is 0 Å². The molecule has 0 radical (unpaired) electrons. The van der Waals surface area contributed by atoms with Crippen molar-refractivity contribution in [3.8, 4) is 0 Å². The lowest BCUT2D eigenvalue weighted by atomic mass is 9.82. The summed E-state index contributed by atoms with van der Waals surface area (Å²) in [4.78, 5) is 23.9. The van der Waals surface area contributed by atoms with Gasteiger partial charge in [-0.15, -0.1) is 6.58 Å². The predicted molar refractivity (Wildman–Crippen MR) is 71.7 cm³/mol. The first kappa shape index (κ1) is 14.7. The minimum Gasteiger partial charge on any atom is -0.369 e. The number of allylic oxidation sites excluding steroid dienone is 1. The minimum atomic E-state index is -0.645. The number of hydrogen-bond donors (Lipinski definition) is 2. The van der Waals surface area contributed by atoms with Crippen molar-refractivity contribution in [2.24, 2.45) is 17.1 Å². The third-order valence-corrected chi connectivity index (χ3v) is 3.31. The van der Waals surface area contributed by atoms with Crippen molar-refractivity contribution in [1.82, 2.24) is 5.32 Å². The molecule has 1 saturated carbocycles. The largest absolute Gasteiger partial charge is 0.369 e. The maximum absolute atomic E-state index is 12.3. The van der Waals surface area contributed by atoms with E-state index >= 15 is 0 Å². The first-order chi connectivity index (χ1) is 8.08. The highest BCUT2D eigenvalue weighted by atomic mass is 16.2. The van der Waals surface area contributed by atoms with Crippen LogP contribution < -0.4 is 11.1 Å². The molecule has 1 fully saturated rings. The molecule has 1 aliphatic rings. The van der Waals surface area contributed by atoms with Gasteiger partial charge in [-0.05, 0) is 47.0 Å². The van der Waals surface area contributed by atoms with Crippen LogP contribution in [-0.2, 0) is 9.59 Å². The molecule has 0 unspecified atom stereocenters. The van der Waals surface area contributed by atoms with Crippen LogP contribution in [-0.4, -0.2) is 17.4 Å². The zero-order valence-corrected chi connectivity index (χ0v) is 11.8. The summed E-state index contributed by atoms with van der Waals surface area (Å²) >= 11 is 0. The number of amides is 2. The first-order valence-corrected chi connectivity index (χ1v) is 6.35. The van der Waals surface area contributed by atoms with E-state index in [1.165, 1.54) is 0 Å². The molecule has 4 heteroatoms. The van der Waals surface area contributed by atoms with Gasteiger partial charge in [0.2, 0.25) is 11.8 Å². The van der Waals surface area contributed by atoms with Crippen LogP contribution >= 0.6 is 0 Å². The molecular formula is C14H24N2O2. The average Bonchev–Trinajstić information content (AvgIpc) is 2.91. The number of nitrogens with one attached hydrogen (secondary N) is 1. The van der Waals surface area contributed by atoms with Gasteiger partial charge in [0.15, 0.2) is 0 Å². The van der Waals surface area contributed by atoms with Crippen molar-refractivity contribution < 1.29 is 9.59 Å². The molecule has 0 aromatic heterocycles. The van der Waals surface area contributed by atoms with Crippen LogP contribution in [0.4, 0.5) is 0 Å². The summed E-state index contributed by atoms with van der Waals surface area (Å²) in [6.07, 6.45) is 1.93. The molecule has 0 heterocycles. The van der Waals surface area contributed by atoms with Crippen molar-refractivity contribution in [3.63, 3.8) is 0 Å². The average molecular weight is 252 g/mol. The van der Waals surface area contributed by atoms with Gasteiger partial charge in [-0.25, -0.2) is 0 Å². The van der Waals surface area contributed by atoms with Crippen LogP contribution in [0.3, 0.4) is 0 Å². The smallest absolute Gasteiger partial charge is 0.224 e. The fourth-order valence-corrected chi connectivity index (χ4v) is 2.25. The minimum absolute atomic E-state index is 0.0956. The summed E-state index contributed by atoms with van der Waals surface area (Å²) in [5.74, 6) is -0.841. The summed E-state index contributed by atoms with van der Waals surface area (Å²) in [5, 5.41) is 2.94. The SMILES string of the molecule is C=C(C)C[C@@H](C(=O)NC(C)(C)C)C1(C(N)=O)CC1. The normalized spacial score (nSPS) is 18.9. The first-order valence-electron chi connectivity index (χ1n) is 6.35. The van der Waals surface area contributed by atoms with E-state index in [1.807, 2.05) is 27.7 Å². The van der Waals surface area contributed by atoms with Crippen molar-refractivity contribution in [3.05, 3.63) is 12.2 Å². The molecule has 1 aliphatic carbocycles. The Bertz CT molecular complexity index is 376. The second-order valence-electron chi connectivity index (χ2n) is 6.47. The van der Waals surface area contributed by atoms with Gasteiger partial charge in [0.05, 0.1) is 11.3 Å². The number of hydrogen-bond acceptors (Lipinski definition) is 2. The molecule has 1 rings (SSSR count). The van der Waals surface area contributed by atoms with Crippen LogP contribution in [0.2, 0.25) is 0 Å². The zero-order chi connectivity index (χ0) is 14.1. The Balaban J connectivity index is 2.89. The molecule has 1 atom stereocenters. The van der Waals surface area contributed by atoms with Crippen LogP contribution in [0.25, 0.3) is 0 Å². The van der Waals surface area contributed by atoms with Gasteiger partial charge < -0.3 is 11.1 Å². The molecule has 3 N–H and O–H groups in total. The lowest BCUT2D eigenvalue weighted by molar-refractivity contribution is -0.135. The Morgan fingerprint density at radius 3 is 2.17 bits per heavy atom. The van der Waals surface area contributed by atoms with Gasteiger partial charge in [-0.3, -0.25) is 9.59 Å². The third kappa shape index (κ3) is 3.34. The van der Waals surface area contributed by atoms with Crippen molar-refractivity contribution in [1.29, 1.82) is 0 Å². The second-order valence-corrected chi connectivity index (χ2v) is 6.47. The van der Waals surface area contributed by atoms with E-state index in [0.717, 1.165) is 5.57 Å². The Morgan fingerprint density at radius 2 is 1.89 bits per heavy atom. The van der Waals surface area contributed by atoms with Crippen LogP contribution in [0.15, 0.2) is 12.2 Å². The van der Waals surface area contributed by atoms with E-state index in [9.17, 15) is 9.59 Å². The molecule has 0 aromatic rings. The maximum atomic E-state index is 12.3. The van der Waals surface area contributed by atoms with Crippen LogP contribution in [0, 0.1) is 11.3 Å². The molecule has 0 aromatic carbocycles. The maximum Gasteiger partial charge on any atom is 0.224 e. The number of rotatable bonds is 5. The highest BCUT2D eigenvalue weighted by Crippen LogP contribution is 2.53. The number of carbonyl (C=O) groups is 2. The quantitative estimate of drug-likeness (QED) is 0.732. The third-order valence-electron chi connectivity index (χ3n) is 3.31. The van der Waals surface area contributed by atoms with E-state index < -0.39 is 5.41 Å². The Morgan fingerprint density at radius 1 is 1.39 bits per heavy atom. The van der Waals surface area contributed by atoms with Crippen molar-refractivity contribution in [2.45, 2.75) is 52.5 Å². The Kier molecular flexibility index (Phi) is 3.89. The van der Waals surface area contributed by atoms with E-state index in [0.29, 0.717) is 19.3 Å². The van der Waals surface area contributed by atoms with Crippen molar-refractivity contribution >= 4 is 11.8 Å². The van der Waals surface area contributed by atoms with E-state index in [2.05, 4.69) is 11.9 Å². The van der Waals surface area contributed by atoms with E-state index in [-0.39, 0.29) is 23.3 Å². The molecule has 18 heavy (non-hydrogen) atoms. The molecule has 2 amide bonds. The topological polar surface area (TPSA) is 72.2 Å². The highest BCUT2D eigenvalue weighted by Gasteiger charge is 2.57. The molecule has 0 saturated heterocycles.